The van der Waals surface area contributed by atoms with Gasteiger partial charge < -0.3 is 15.0 Å². The van der Waals surface area contributed by atoms with Gasteiger partial charge in [0.05, 0.1) is 17.9 Å². The van der Waals surface area contributed by atoms with E-state index >= 15 is 0 Å². The molecule has 3 rings (SSSR count). The van der Waals surface area contributed by atoms with E-state index in [1.807, 2.05) is 48.5 Å². The first-order chi connectivity index (χ1) is 14.0. The molecule has 0 saturated carbocycles. The normalized spacial score (nSPS) is 14.1. The van der Waals surface area contributed by atoms with Crippen molar-refractivity contribution >= 4 is 40.9 Å². The van der Waals surface area contributed by atoms with Gasteiger partial charge in [0.25, 0.3) is 5.91 Å². The largest absolute Gasteiger partial charge is 0.452 e. The van der Waals surface area contributed by atoms with E-state index in [-0.39, 0.29) is 18.9 Å². The Labute approximate surface area is 174 Å². The zero-order valence-corrected chi connectivity index (χ0v) is 17.3. The molecule has 1 aliphatic heterocycles. The highest BCUT2D eigenvalue weighted by Crippen LogP contribution is 2.34. The molecule has 0 saturated heterocycles. The fraction of sp³-hybridized carbons (Fsp3) is 0.318. The van der Waals surface area contributed by atoms with E-state index in [0.29, 0.717) is 11.4 Å². The van der Waals surface area contributed by atoms with E-state index in [2.05, 4.69) is 12.2 Å². The van der Waals surface area contributed by atoms with Gasteiger partial charge in [-0.25, -0.2) is 0 Å². The van der Waals surface area contributed by atoms with Crippen molar-refractivity contribution in [2.24, 2.45) is 0 Å². The number of fused-ring (bicyclic) bond motifs is 1. The first-order valence-electron chi connectivity index (χ1n) is 9.59. The highest BCUT2D eigenvalue weighted by molar-refractivity contribution is 8.00. The summed E-state index contributed by atoms with van der Waals surface area (Å²) >= 11 is 1.49. The maximum Gasteiger partial charge on any atom is 0.308 e. The van der Waals surface area contributed by atoms with Crippen LogP contribution >= 0.6 is 11.8 Å². The van der Waals surface area contributed by atoms with Gasteiger partial charge in [-0.2, -0.15) is 0 Å². The average molecular weight is 413 g/mol. The van der Waals surface area contributed by atoms with Gasteiger partial charge in [-0.3, -0.25) is 14.4 Å². The Morgan fingerprint density at radius 3 is 2.62 bits per heavy atom. The number of esters is 1. The molecule has 1 atom stereocenters. The van der Waals surface area contributed by atoms with Crippen LogP contribution in [0.3, 0.4) is 0 Å². The predicted octanol–water partition coefficient (Wildman–Crippen LogP) is 3.65. The number of amides is 2. The predicted molar refractivity (Wildman–Crippen MR) is 114 cm³/mol. The zero-order valence-electron chi connectivity index (χ0n) is 16.5. The van der Waals surface area contributed by atoms with Crippen LogP contribution in [0.2, 0.25) is 0 Å². The fourth-order valence-corrected chi connectivity index (χ4v) is 3.92. The molecule has 2 aromatic carbocycles. The number of carbonyl (C=O) groups is 3. The van der Waals surface area contributed by atoms with Crippen LogP contribution in [0.4, 0.5) is 11.4 Å². The van der Waals surface area contributed by atoms with Gasteiger partial charge in [0.1, 0.15) is 0 Å². The highest BCUT2D eigenvalue weighted by Gasteiger charge is 2.25. The monoisotopic (exact) mass is 412 g/mol. The first-order valence-corrected chi connectivity index (χ1v) is 10.6. The summed E-state index contributed by atoms with van der Waals surface area (Å²) in [6.45, 7) is 3.82. The third kappa shape index (κ3) is 5.38. The fourth-order valence-electron chi connectivity index (χ4n) is 2.98. The molecule has 0 spiro atoms. The molecule has 0 fully saturated rings. The molecular weight excluding hydrogens is 388 g/mol. The molecule has 29 heavy (non-hydrogen) atoms. The number of nitrogens with one attached hydrogen (secondary N) is 1. The highest BCUT2D eigenvalue weighted by atomic mass is 32.2. The Bertz CT molecular complexity index is 898. The third-order valence-corrected chi connectivity index (χ3v) is 5.70. The van der Waals surface area contributed by atoms with Gasteiger partial charge >= 0.3 is 5.97 Å². The van der Waals surface area contributed by atoms with E-state index in [4.69, 9.17) is 4.74 Å². The summed E-state index contributed by atoms with van der Waals surface area (Å²) in [6, 6.07) is 15.1. The van der Waals surface area contributed by atoms with Crippen molar-refractivity contribution in [2.45, 2.75) is 37.7 Å². The van der Waals surface area contributed by atoms with Crippen LogP contribution in [0.25, 0.3) is 0 Å². The smallest absolute Gasteiger partial charge is 0.308 e. The molecular formula is C22H24N2O4S. The van der Waals surface area contributed by atoms with Crippen LogP contribution in [-0.4, -0.2) is 36.2 Å². The third-order valence-electron chi connectivity index (χ3n) is 4.65. The molecule has 2 aromatic rings. The second-order valence-electron chi connectivity index (χ2n) is 6.72. The number of para-hydroxylation sites is 1. The molecule has 1 heterocycles. The van der Waals surface area contributed by atoms with Crippen molar-refractivity contribution in [2.75, 3.05) is 22.5 Å². The van der Waals surface area contributed by atoms with Crippen molar-refractivity contribution in [3.8, 4) is 0 Å². The molecule has 1 aliphatic rings. The van der Waals surface area contributed by atoms with Crippen LogP contribution < -0.4 is 10.2 Å². The van der Waals surface area contributed by atoms with Gasteiger partial charge in [-0.15, -0.1) is 11.8 Å². The van der Waals surface area contributed by atoms with E-state index in [9.17, 15) is 14.4 Å². The lowest BCUT2D eigenvalue weighted by molar-refractivity contribution is -0.152. The Morgan fingerprint density at radius 2 is 1.90 bits per heavy atom. The second kappa shape index (κ2) is 9.60. The topological polar surface area (TPSA) is 75.7 Å². The molecule has 6 nitrogen and oxygen atoms in total. The quantitative estimate of drug-likeness (QED) is 0.703. The minimum absolute atomic E-state index is 0.0214. The number of anilines is 2. The van der Waals surface area contributed by atoms with E-state index in [1.165, 1.54) is 24.2 Å². The van der Waals surface area contributed by atoms with Crippen molar-refractivity contribution in [3.05, 3.63) is 54.1 Å². The zero-order chi connectivity index (χ0) is 20.8. The number of benzene rings is 2. The van der Waals surface area contributed by atoms with Gasteiger partial charge in [0.15, 0.2) is 6.10 Å². The Kier molecular flexibility index (Phi) is 6.93. The summed E-state index contributed by atoms with van der Waals surface area (Å²) < 4.78 is 5.25. The van der Waals surface area contributed by atoms with Gasteiger partial charge in [-0.1, -0.05) is 31.2 Å². The van der Waals surface area contributed by atoms with Crippen molar-refractivity contribution in [3.63, 3.8) is 0 Å². The molecule has 152 valence electrons. The van der Waals surface area contributed by atoms with Crippen LogP contribution in [0.15, 0.2) is 53.4 Å². The summed E-state index contributed by atoms with van der Waals surface area (Å²) in [5, 5.41) is 2.74. The number of thioether (sulfide) groups is 1. The summed E-state index contributed by atoms with van der Waals surface area (Å²) in [7, 11) is 0. The summed E-state index contributed by atoms with van der Waals surface area (Å²) in [5.41, 5.74) is 2.64. The van der Waals surface area contributed by atoms with Crippen molar-refractivity contribution in [1.29, 1.82) is 0 Å². The van der Waals surface area contributed by atoms with Crippen LogP contribution in [0.1, 0.15) is 25.8 Å². The van der Waals surface area contributed by atoms with Gasteiger partial charge in [-0.05, 0) is 43.2 Å². The average Bonchev–Trinajstić information content (AvgIpc) is 2.73. The standard InChI is InChI=1S/C22H24N2O4S/c1-3-16-8-10-17(11-9-16)23-22(27)15(2)28-21(26)12-13-24-18-6-4-5-7-19(18)29-14-20(24)25/h4-11,15H,3,12-14H2,1-2H3,(H,23,27)/t15-/m1/s1. The van der Waals surface area contributed by atoms with Crippen LogP contribution in [0.5, 0.6) is 0 Å². The SMILES string of the molecule is CCc1ccc(NC(=O)[C@@H](C)OC(=O)CCN2C(=O)CSc3ccccc32)cc1. The Morgan fingerprint density at radius 1 is 1.17 bits per heavy atom. The number of rotatable bonds is 7. The van der Waals surface area contributed by atoms with E-state index in [1.54, 1.807) is 4.90 Å². The lowest BCUT2D eigenvalue weighted by Gasteiger charge is -2.28. The minimum atomic E-state index is -0.923. The summed E-state index contributed by atoms with van der Waals surface area (Å²) in [4.78, 5) is 39.3. The molecule has 7 heteroatoms. The number of hydrogen-bond donors (Lipinski definition) is 1. The molecule has 2 amide bonds. The maximum atomic E-state index is 12.3. The molecule has 0 radical (unpaired) electrons. The first kappa shape index (κ1) is 20.9. The van der Waals surface area contributed by atoms with Crippen LogP contribution in [0, 0.1) is 0 Å². The maximum absolute atomic E-state index is 12.3. The minimum Gasteiger partial charge on any atom is -0.452 e. The molecule has 1 N–H and O–H groups in total. The Balaban J connectivity index is 1.51. The van der Waals surface area contributed by atoms with Crippen molar-refractivity contribution < 1.29 is 19.1 Å². The Hall–Kier alpha value is -2.80. The van der Waals surface area contributed by atoms with E-state index in [0.717, 1.165) is 17.0 Å². The van der Waals surface area contributed by atoms with Gasteiger partial charge in [0.2, 0.25) is 5.91 Å². The van der Waals surface area contributed by atoms with Crippen molar-refractivity contribution in [1.82, 2.24) is 0 Å². The van der Waals surface area contributed by atoms with Crippen LogP contribution in [-0.2, 0) is 25.5 Å². The number of hydrogen-bond acceptors (Lipinski definition) is 5. The number of ether oxygens (including phenoxy) is 1. The number of nitrogens with zero attached hydrogens (tertiary/aromatic N) is 1. The lowest BCUT2D eigenvalue weighted by Crippen LogP contribution is -2.38. The van der Waals surface area contributed by atoms with E-state index < -0.39 is 18.0 Å². The number of aryl methyl sites for hydroxylation is 1. The molecule has 0 bridgehead atoms. The van der Waals surface area contributed by atoms with Gasteiger partial charge in [0, 0.05) is 17.1 Å². The molecule has 0 aromatic heterocycles. The lowest BCUT2D eigenvalue weighted by atomic mass is 10.1. The molecule has 0 unspecified atom stereocenters. The molecule has 0 aliphatic carbocycles. The summed E-state index contributed by atoms with van der Waals surface area (Å²) in [5.74, 6) is -0.597. The second-order valence-corrected chi connectivity index (χ2v) is 7.74. The number of carbonyl (C=O) groups excluding carboxylic acids is 3. The summed E-state index contributed by atoms with van der Waals surface area (Å²) in [6.07, 6.45) is 0.0200.